The molecule has 0 spiro atoms. The number of hydrogen-bond donors (Lipinski definition) is 1. The summed E-state index contributed by atoms with van der Waals surface area (Å²) in [6, 6.07) is 0. The minimum Gasteiger partial charge on any atom is -0.481 e. The van der Waals surface area contributed by atoms with E-state index in [1.807, 2.05) is 0 Å². The molecule has 42 heavy (non-hydrogen) atoms. The number of aliphatic carboxylic acids is 1. The van der Waals surface area contributed by atoms with Crippen LogP contribution in [0.3, 0.4) is 0 Å². The van der Waals surface area contributed by atoms with E-state index in [-0.39, 0.29) is 12.1 Å². The Balaban J connectivity index is 3.52. The molecule has 0 radical (unpaired) electrons. The molecule has 0 aliphatic heterocycles. The number of carboxylic acids is 1. The average molecular weight is 593 g/mol. The van der Waals surface area contributed by atoms with Crippen LogP contribution >= 0.6 is 0 Å². The summed E-state index contributed by atoms with van der Waals surface area (Å²) in [6.45, 7) is 4.45. The smallest absolute Gasteiger partial charge is 0.306 e. The third-order valence-corrected chi connectivity index (χ3v) is 8.47. The van der Waals surface area contributed by atoms with E-state index >= 15 is 0 Å². The van der Waals surface area contributed by atoms with Crippen LogP contribution in [0.5, 0.6) is 0 Å². The molecule has 0 rings (SSSR count). The van der Waals surface area contributed by atoms with Gasteiger partial charge in [0.1, 0.15) is 6.10 Å². The van der Waals surface area contributed by atoms with Gasteiger partial charge in [-0.25, -0.2) is 0 Å². The van der Waals surface area contributed by atoms with Crippen LogP contribution < -0.4 is 0 Å². The van der Waals surface area contributed by atoms with E-state index < -0.39 is 5.97 Å². The van der Waals surface area contributed by atoms with Crippen LogP contribution in [0.25, 0.3) is 0 Å². The topological polar surface area (TPSA) is 63.6 Å². The first-order chi connectivity index (χ1) is 20.6. The highest BCUT2D eigenvalue weighted by atomic mass is 16.5. The van der Waals surface area contributed by atoms with Crippen molar-refractivity contribution in [3.8, 4) is 0 Å². The number of unbranched alkanes of at least 4 members (excludes halogenated alkanes) is 23. The fourth-order valence-corrected chi connectivity index (χ4v) is 5.76. The van der Waals surface area contributed by atoms with Gasteiger partial charge in [0.05, 0.1) is 0 Å². The maximum Gasteiger partial charge on any atom is 0.306 e. The second-order valence-corrected chi connectivity index (χ2v) is 12.8. The first-order valence-corrected chi connectivity index (χ1v) is 18.7. The SMILES string of the molecule is CCCCCC/C=C\CCCCCCCC(=O)OC(CCC)CCCCCCCCCCCCCCCCCC(=O)O. The molecular weight excluding hydrogens is 520 g/mol. The van der Waals surface area contributed by atoms with Gasteiger partial charge in [-0.15, -0.1) is 0 Å². The molecule has 0 fully saturated rings. The lowest BCUT2D eigenvalue weighted by Gasteiger charge is -2.17. The van der Waals surface area contributed by atoms with E-state index in [0.717, 1.165) is 44.9 Å². The van der Waals surface area contributed by atoms with Crippen molar-refractivity contribution in [1.82, 2.24) is 0 Å². The third kappa shape index (κ3) is 33.2. The van der Waals surface area contributed by atoms with E-state index in [1.54, 1.807) is 0 Å². The van der Waals surface area contributed by atoms with Crippen molar-refractivity contribution < 1.29 is 19.4 Å². The number of hydrogen-bond acceptors (Lipinski definition) is 3. The summed E-state index contributed by atoms with van der Waals surface area (Å²) < 4.78 is 5.86. The Morgan fingerprint density at radius 1 is 0.500 bits per heavy atom. The Hall–Kier alpha value is -1.32. The molecule has 0 bridgehead atoms. The van der Waals surface area contributed by atoms with Crippen LogP contribution in [0.1, 0.15) is 213 Å². The maximum absolute atomic E-state index is 12.4. The molecule has 0 amide bonds. The molecule has 4 heteroatoms. The molecule has 1 unspecified atom stereocenters. The van der Waals surface area contributed by atoms with Crippen molar-refractivity contribution in [3.05, 3.63) is 12.2 Å². The van der Waals surface area contributed by atoms with Gasteiger partial charge in [0.15, 0.2) is 0 Å². The van der Waals surface area contributed by atoms with Gasteiger partial charge in [0.2, 0.25) is 0 Å². The zero-order valence-corrected chi connectivity index (χ0v) is 28.3. The zero-order valence-electron chi connectivity index (χ0n) is 28.3. The maximum atomic E-state index is 12.4. The van der Waals surface area contributed by atoms with Gasteiger partial charge in [-0.2, -0.15) is 0 Å². The van der Waals surface area contributed by atoms with E-state index in [0.29, 0.717) is 12.8 Å². The van der Waals surface area contributed by atoms with Gasteiger partial charge in [-0.05, 0) is 57.8 Å². The second kappa shape index (κ2) is 34.2. The lowest BCUT2D eigenvalue weighted by Crippen LogP contribution is -2.18. The molecule has 1 atom stereocenters. The van der Waals surface area contributed by atoms with Gasteiger partial charge in [0.25, 0.3) is 0 Å². The second-order valence-electron chi connectivity index (χ2n) is 12.8. The lowest BCUT2D eigenvalue weighted by molar-refractivity contribution is -0.150. The Morgan fingerprint density at radius 2 is 0.905 bits per heavy atom. The Morgan fingerprint density at radius 3 is 1.36 bits per heavy atom. The van der Waals surface area contributed by atoms with E-state index in [1.165, 1.54) is 141 Å². The summed E-state index contributed by atoms with van der Waals surface area (Å²) in [7, 11) is 0. The van der Waals surface area contributed by atoms with Gasteiger partial charge >= 0.3 is 11.9 Å². The summed E-state index contributed by atoms with van der Waals surface area (Å²) in [4.78, 5) is 22.9. The van der Waals surface area contributed by atoms with Gasteiger partial charge in [-0.1, -0.05) is 154 Å². The summed E-state index contributed by atoms with van der Waals surface area (Å²) in [6.07, 6.45) is 41.5. The molecule has 1 N–H and O–H groups in total. The van der Waals surface area contributed by atoms with Crippen LogP contribution in [0, 0.1) is 0 Å². The Labute approximate surface area is 262 Å². The fraction of sp³-hybridized carbons (Fsp3) is 0.895. The normalized spacial score (nSPS) is 12.2. The minimum absolute atomic E-state index is 0.0233. The summed E-state index contributed by atoms with van der Waals surface area (Å²) >= 11 is 0. The Bertz CT molecular complexity index is 600. The predicted octanol–water partition coefficient (Wildman–Crippen LogP) is 12.7. The summed E-state index contributed by atoms with van der Waals surface area (Å²) in [5.41, 5.74) is 0. The quantitative estimate of drug-likeness (QED) is 0.0458. The number of esters is 1. The third-order valence-electron chi connectivity index (χ3n) is 8.47. The molecular formula is C38H72O4. The first-order valence-electron chi connectivity index (χ1n) is 18.7. The van der Waals surface area contributed by atoms with Crippen molar-refractivity contribution in [1.29, 1.82) is 0 Å². The van der Waals surface area contributed by atoms with Crippen LogP contribution in [0.15, 0.2) is 12.2 Å². The Kier molecular flexibility index (Phi) is 33.1. The molecule has 0 aromatic heterocycles. The number of carboxylic acid groups (broad SMARTS) is 1. The van der Waals surface area contributed by atoms with Crippen molar-refractivity contribution in [2.45, 2.75) is 219 Å². The molecule has 4 nitrogen and oxygen atoms in total. The van der Waals surface area contributed by atoms with Gasteiger partial charge < -0.3 is 9.84 Å². The standard InChI is InChI=1S/C38H72O4/c1-3-5-6-7-8-9-10-14-19-22-25-28-31-35-38(41)42-36(32-4-2)33-29-26-23-20-17-15-12-11-13-16-18-21-24-27-30-34-37(39)40/h9-10,36H,3-8,11-35H2,1-2H3,(H,39,40)/b10-9-. The minimum atomic E-state index is -0.664. The molecule has 0 aliphatic carbocycles. The summed E-state index contributed by atoms with van der Waals surface area (Å²) in [5.74, 6) is -0.641. The molecule has 0 saturated heterocycles. The molecule has 0 aromatic carbocycles. The first kappa shape index (κ1) is 40.7. The van der Waals surface area contributed by atoms with Gasteiger partial charge in [-0.3, -0.25) is 9.59 Å². The molecule has 0 saturated carbocycles. The van der Waals surface area contributed by atoms with Crippen LogP contribution in [0.2, 0.25) is 0 Å². The predicted molar refractivity (Wildman–Crippen MR) is 181 cm³/mol. The zero-order chi connectivity index (χ0) is 30.8. The largest absolute Gasteiger partial charge is 0.481 e. The highest BCUT2D eigenvalue weighted by Gasteiger charge is 2.13. The highest BCUT2D eigenvalue weighted by Crippen LogP contribution is 2.17. The average Bonchev–Trinajstić information content (AvgIpc) is 2.97. The molecule has 0 aromatic rings. The van der Waals surface area contributed by atoms with Gasteiger partial charge in [0, 0.05) is 12.8 Å². The fourth-order valence-electron chi connectivity index (χ4n) is 5.76. The monoisotopic (exact) mass is 593 g/mol. The molecule has 248 valence electrons. The van der Waals surface area contributed by atoms with E-state index in [4.69, 9.17) is 9.84 Å². The number of carbonyl (C=O) groups is 2. The summed E-state index contributed by atoms with van der Waals surface area (Å²) in [5, 5.41) is 8.65. The molecule has 0 aliphatic rings. The van der Waals surface area contributed by atoms with E-state index in [2.05, 4.69) is 26.0 Å². The van der Waals surface area contributed by atoms with Crippen LogP contribution in [-0.4, -0.2) is 23.1 Å². The number of allylic oxidation sites excluding steroid dienone is 2. The number of ether oxygens (including phenoxy) is 1. The van der Waals surface area contributed by atoms with Crippen molar-refractivity contribution >= 4 is 11.9 Å². The lowest BCUT2D eigenvalue weighted by atomic mass is 10.0. The number of carbonyl (C=O) groups excluding carboxylic acids is 1. The van der Waals surface area contributed by atoms with E-state index in [9.17, 15) is 9.59 Å². The van der Waals surface area contributed by atoms with Crippen molar-refractivity contribution in [2.75, 3.05) is 0 Å². The van der Waals surface area contributed by atoms with Crippen molar-refractivity contribution in [2.24, 2.45) is 0 Å². The molecule has 0 heterocycles. The number of rotatable bonds is 34. The van der Waals surface area contributed by atoms with Crippen LogP contribution in [-0.2, 0) is 14.3 Å². The highest BCUT2D eigenvalue weighted by molar-refractivity contribution is 5.69. The van der Waals surface area contributed by atoms with Crippen molar-refractivity contribution in [3.63, 3.8) is 0 Å². The van der Waals surface area contributed by atoms with Crippen LogP contribution in [0.4, 0.5) is 0 Å².